The molecule has 8 nitrogen and oxygen atoms in total. The van der Waals surface area contributed by atoms with Gasteiger partial charge in [0, 0.05) is 23.8 Å². The first-order valence-electron chi connectivity index (χ1n) is 14.9. The zero-order valence-corrected chi connectivity index (χ0v) is 26.5. The molecule has 45 heavy (non-hydrogen) atoms. The lowest BCUT2D eigenvalue weighted by molar-refractivity contribution is -0.137. The molecular formula is C37H38O8. The standard InChI is InChI=1S/C37H38O8/c1-7-41-31(38)14-11-19-42-36-25-17-18-37(4,5)45-27(25)20-29-33(36)34(39)32-26(16-15-23(2)3)35(40-6)30(21-28(32)44-29)43-22-24-12-9-8-10-13-24/h8-15,17-18,20-21H,7,16,19,22H2,1-6H3/b14-11+. The van der Waals surface area contributed by atoms with Crippen LogP contribution in [0.2, 0.25) is 0 Å². The van der Waals surface area contributed by atoms with Crippen molar-refractivity contribution in [2.45, 2.75) is 53.2 Å². The minimum Gasteiger partial charge on any atom is -0.493 e. The largest absolute Gasteiger partial charge is 0.493 e. The van der Waals surface area contributed by atoms with Crippen LogP contribution in [-0.4, -0.2) is 31.9 Å². The van der Waals surface area contributed by atoms with Crippen molar-refractivity contribution < 1.29 is 32.9 Å². The third kappa shape index (κ3) is 6.90. The van der Waals surface area contributed by atoms with Gasteiger partial charge >= 0.3 is 5.97 Å². The fourth-order valence-corrected chi connectivity index (χ4v) is 5.19. The molecule has 0 fully saturated rings. The Morgan fingerprint density at radius 1 is 1.00 bits per heavy atom. The van der Waals surface area contributed by atoms with E-state index in [9.17, 15) is 9.59 Å². The fraction of sp³-hybridized carbons (Fsp3) is 0.297. The molecule has 0 saturated heterocycles. The van der Waals surface area contributed by atoms with Crippen molar-refractivity contribution in [3.05, 3.63) is 99.3 Å². The Morgan fingerprint density at radius 2 is 1.76 bits per heavy atom. The van der Waals surface area contributed by atoms with Crippen LogP contribution in [0.25, 0.3) is 28.0 Å². The van der Waals surface area contributed by atoms with E-state index in [1.807, 2.05) is 76.3 Å². The van der Waals surface area contributed by atoms with E-state index < -0.39 is 11.6 Å². The van der Waals surface area contributed by atoms with Crippen LogP contribution in [0, 0.1) is 0 Å². The van der Waals surface area contributed by atoms with Crippen molar-refractivity contribution in [3.8, 4) is 23.0 Å². The summed E-state index contributed by atoms with van der Waals surface area (Å²) in [7, 11) is 1.57. The van der Waals surface area contributed by atoms with Crippen molar-refractivity contribution in [1.82, 2.24) is 0 Å². The highest BCUT2D eigenvalue weighted by atomic mass is 16.5. The number of esters is 1. The van der Waals surface area contributed by atoms with E-state index in [2.05, 4.69) is 0 Å². The number of hydrogen-bond acceptors (Lipinski definition) is 8. The fourth-order valence-electron chi connectivity index (χ4n) is 5.19. The van der Waals surface area contributed by atoms with Crippen LogP contribution in [-0.2, 0) is 22.6 Å². The average Bonchev–Trinajstić information content (AvgIpc) is 3.00. The highest BCUT2D eigenvalue weighted by Crippen LogP contribution is 2.44. The molecule has 2 heterocycles. The lowest BCUT2D eigenvalue weighted by Gasteiger charge is -2.29. The zero-order chi connectivity index (χ0) is 32.1. The Labute approximate surface area is 262 Å². The third-order valence-electron chi connectivity index (χ3n) is 7.27. The molecule has 1 aliphatic heterocycles. The maximum absolute atomic E-state index is 14.6. The van der Waals surface area contributed by atoms with Crippen LogP contribution >= 0.6 is 0 Å². The lowest BCUT2D eigenvalue weighted by atomic mass is 9.97. The van der Waals surface area contributed by atoms with Crippen molar-refractivity contribution in [2.75, 3.05) is 20.3 Å². The predicted octanol–water partition coefficient (Wildman–Crippen LogP) is 7.72. The highest BCUT2D eigenvalue weighted by Gasteiger charge is 2.29. The first-order valence-corrected chi connectivity index (χ1v) is 14.9. The molecule has 0 unspecified atom stereocenters. The quantitative estimate of drug-likeness (QED) is 0.0737. The molecular weight excluding hydrogens is 572 g/mol. The van der Waals surface area contributed by atoms with Gasteiger partial charge in [0.2, 0.25) is 5.43 Å². The number of carbonyl (C=O) groups excluding carboxylic acids is 1. The Kier molecular flexibility index (Phi) is 9.32. The molecule has 0 saturated carbocycles. The Bertz CT molecular complexity index is 1870. The molecule has 5 rings (SSSR count). The molecule has 3 aromatic carbocycles. The van der Waals surface area contributed by atoms with E-state index in [0.717, 1.165) is 11.1 Å². The minimum absolute atomic E-state index is 0.0132. The number of rotatable bonds is 11. The molecule has 0 bridgehead atoms. The molecule has 0 N–H and O–H groups in total. The molecule has 0 radical (unpaired) electrons. The van der Waals surface area contributed by atoms with Crippen LogP contribution in [0.3, 0.4) is 0 Å². The van der Waals surface area contributed by atoms with Gasteiger partial charge in [0.1, 0.15) is 46.9 Å². The number of allylic oxidation sites excluding steroid dienone is 2. The zero-order valence-electron chi connectivity index (χ0n) is 26.5. The second-order valence-corrected chi connectivity index (χ2v) is 11.4. The molecule has 4 aromatic rings. The van der Waals surface area contributed by atoms with Gasteiger partial charge in [0.05, 0.1) is 24.7 Å². The maximum Gasteiger partial charge on any atom is 0.330 e. The van der Waals surface area contributed by atoms with Gasteiger partial charge in [-0.25, -0.2) is 4.79 Å². The Hall–Kier alpha value is -4.98. The van der Waals surface area contributed by atoms with E-state index in [4.69, 9.17) is 28.1 Å². The number of fused-ring (bicyclic) bond motifs is 3. The van der Waals surface area contributed by atoms with Gasteiger partial charge in [-0.05, 0) is 64.8 Å². The summed E-state index contributed by atoms with van der Waals surface area (Å²) in [6.45, 7) is 10.2. The van der Waals surface area contributed by atoms with Gasteiger partial charge in [0.15, 0.2) is 11.5 Å². The summed E-state index contributed by atoms with van der Waals surface area (Å²) < 4.78 is 36.1. The van der Waals surface area contributed by atoms with E-state index in [1.54, 1.807) is 32.2 Å². The maximum atomic E-state index is 14.6. The predicted molar refractivity (Wildman–Crippen MR) is 175 cm³/mol. The molecule has 234 valence electrons. The molecule has 8 heteroatoms. The van der Waals surface area contributed by atoms with Gasteiger partial charge < -0.3 is 28.1 Å². The van der Waals surface area contributed by atoms with Gasteiger partial charge in [-0.1, -0.05) is 42.0 Å². The van der Waals surface area contributed by atoms with E-state index in [1.165, 1.54) is 6.08 Å². The van der Waals surface area contributed by atoms with Gasteiger partial charge in [-0.15, -0.1) is 0 Å². The summed E-state index contributed by atoms with van der Waals surface area (Å²) in [6, 6.07) is 13.2. The summed E-state index contributed by atoms with van der Waals surface area (Å²) in [5, 5.41) is 0.633. The van der Waals surface area contributed by atoms with Crippen LogP contribution in [0.1, 0.15) is 51.3 Å². The summed E-state index contributed by atoms with van der Waals surface area (Å²) in [5.74, 6) is 1.27. The SMILES string of the molecule is CCOC(=O)/C=C/COc1c2c(cc3oc4cc(OCc5ccccc5)c(OC)c(CC=C(C)C)c4c(=O)c13)OC(C)(C)C=C2. The monoisotopic (exact) mass is 610 g/mol. The van der Waals surface area contributed by atoms with E-state index in [-0.39, 0.29) is 24.0 Å². The molecule has 0 spiro atoms. The van der Waals surface area contributed by atoms with Crippen LogP contribution in [0.15, 0.2) is 81.6 Å². The number of ether oxygens (including phenoxy) is 5. The number of benzene rings is 3. The number of carbonyl (C=O) groups is 1. The molecule has 0 atom stereocenters. The molecule has 1 aliphatic rings. The summed E-state index contributed by atoms with van der Waals surface area (Å²) in [6.07, 6.45) is 9.09. The number of methoxy groups -OCH3 is 1. The van der Waals surface area contributed by atoms with Gasteiger partial charge in [-0.2, -0.15) is 0 Å². The second-order valence-electron chi connectivity index (χ2n) is 11.4. The smallest absolute Gasteiger partial charge is 0.330 e. The normalized spacial score (nSPS) is 13.4. The molecule has 1 aromatic heterocycles. The Balaban J connectivity index is 1.73. The van der Waals surface area contributed by atoms with E-state index in [0.29, 0.717) is 63.7 Å². The van der Waals surface area contributed by atoms with E-state index >= 15 is 0 Å². The summed E-state index contributed by atoms with van der Waals surface area (Å²) in [4.78, 5) is 26.4. The summed E-state index contributed by atoms with van der Waals surface area (Å²) >= 11 is 0. The topological polar surface area (TPSA) is 93.4 Å². The average molecular weight is 611 g/mol. The van der Waals surface area contributed by atoms with Crippen LogP contribution < -0.4 is 24.4 Å². The number of hydrogen-bond donors (Lipinski definition) is 0. The molecule has 0 amide bonds. The molecule has 0 aliphatic carbocycles. The first-order chi connectivity index (χ1) is 21.6. The van der Waals surface area contributed by atoms with Crippen molar-refractivity contribution in [3.63, 3.8) is 0 Å². The van der Waals surface area contributed by atoms with Crippen LogP contribution in [0.4, 0.5) is 0 Å². The van der Waals surface area contributed by atoms with Crippen molar-refractivity contribution in [1.29, 1.82) is 0 Å². The minimum atomic E-state index is -0.581. The lowest BCUT2D eigenvalue weighted by Crippen LogP contribution is -2.27. The van der Waals surface area contributed by atoms with Crippen molar-refractivity contribution >= 4 is 34.0 Å². The first kappa shape index (κ1) is 31.4. The van der Waals surface area contributed by atoms with Crippen LogP contribution in [0.5, 0.6) is 23.0 Å². The van der Waals surface area contributed by atoms with Crippen molar-refractivity contribution in [2.24, 2.45) is 0 Å². The second kappa shape index (κ2) is 13.3. The third-order valence-corrected chi connectivity index (χ3v) is 7.27. The van der Waals surface area contributed by atoms with Gasteiger partial charge in [0.25, 0.3) is 0 Å². The van der Waals surface area contributed by atoms with Gasteiger partial charge in [-0.3, -0.25) is 4.79 Å². The highest BCUT2D eigenvalue weighted by molar-refractivity contribution is 5.99. The Morgan fingerprint density at radius 3 is 2.47 bits per heavy atom. The summed E-state index contributed by atoms with van der Waals surface area (Å²) in [5.41, 5.74) is 3.13.